The van der Waals surface area contributed by atoms with Gasteiger partial charge in [-0.1, -0.05) is 30.3 Å². The standard InChI is InChI=1S/C17H21N3O2S2/c1-24(21,22)20-10-15-9-19(8-13-7-18-23-12-13)11-16(15)17(20)14-5-3-2-4-6-14/h2-7,12,15-17H,8-11H2,1H3/t15-,16-,17+/m1/s1. The molecule has 128 valence electrons. The van der Waals surface area contributed by atoms with E-state index in [2.05, 4.69) is 26.8 Å². The zero-order chi connectivity index (χ0) is 16.7. The van der Waals surface area contributed by atoms with Gasteiger partial charge in [-0.2, -0.15) is 4.31 Å². The van der Waals surface area contributed by atoms with Crippen molar-refractivity contribution in [2.75, 3.05) is 25.9 Å². The van der Waals surface area contributed by atoms with Crippen LogP contribution in [0.1, 0.15) is 17.2 Å². The van der Waals surface area contributed by atoms with E-state index in [1.165, 1.54) is 23.4 Å². The van der Waals surface area contributed by atoms with Crippen molar-refractivity contribution in [1.29, 1.82) is 0 Å². The van der Waals surface area contributed by atoms with Crippen LogP contribution in [0.5, 0.6) is 0 Å². The van der Waals surface area contributed by atoms with E-state index in [-0.39, 0.29) is 6.04 Å². The molecular formula is C17H21N3O2S2. The van der Waals surface area contributed by atoms with Gasteiger partial charge in [0.15, 0.2) is 0 Å². The molecule has 0 bridgehead atoms. The normalized spacial score (nSPS) is 28.3. The van der Waals surface area contributed by atoms with E-state index in [1.807, 2.05) is 24.4 Å². The molecule has 3 atom stereocenters. The lowest BCUT2D eigenvalue weighted by Crippen LogP contribution is -2.34. The summed E-state index contributed by atoms with van der Waals surface area (Å²) in [5.74, 6) is 0.755. The molecule has 0 spiro atoms. The molecule has 4 rings (SSSR count). The highest BCUT2D eigenvalue weighted by atomic mass is 32.2. The number of nitrogens with zero attached hydrogens (tertiary/aromatic N) is 3. The van der Waals surface area contributed by atoms with E-state index in [0.29, 0.717) is 18.4 Å². The van der Waals surface area contributed by atoms with Crippen LogP contribution in [0, 0.1) is 11.8 Å². The third-order valence-corrected chi connectivity index (χ3v) is 7.02. The van der Waals surface area contributed by atoms with Crippen LogP contribution in [0.3, 0.4) is 0 Å². The van der Waals surface area contributed by atoms with Crippen LogP contribution < -0.4 is 0 Å². The number of hydrogen-bond donors (Lipinski definition) is 0. The molecule has 2 aromatic rings. The van der Waals surface area contributed by atoms with Gasteiger partial charge in [0.25, 0.3) is 0 Å². The average Bonchev–Trinajstić information content (AvgIpc) is 3.23. The fraction of sp³-hybridized carbons (Fsp3) is 0.471. The molecular weight excluding hydrogens is 342 g/mol. The fourth-order valence-corrected chi connectivity index (χ4v) is 5.88. The topological polar surface area (TPSA) is 53.5 Å². The first kappa shape index (κ1) is 16.2. The Morgan fingerprint density at radius 2 is 2.00 bits per heavy atom. The fourth-order valence-electron chi connectivity index (χ4n) is 4.20. The number of likely N-dealkylation sites (tertiary alicyclic amines) is 1. The number of rotatable bonds is 4. The quantitative estimate of drug-likeness (QED) is 0.836. The first-order valence-corrected chi connectivity index (χ1v) is 10.8. The van der Waals surface area contributed by atoms with Crippen LogP contribution in [0.25, 0.3) is 0 Å². The van der Waals surface area contributed by atoms with Crippen LogP contribution in [0.2, 0.25) is 0 Å². The Kier molecular flexibility index (Phi) is 4.20. The van der Waals surface area contributed by atoms with Crippen molar-refractivity contribution in [3.63, 3.8) is 0 Å². The summed E-state index contributed by atoms with van der Waals surface area (Å²) in [5, 5.41) is 2.09. The van der Waals surface area contributed by atoms with Gasteiger partial charge in [-0.3, -0.25) is 4.90 Å². The molecule has 2 fully saturated rings. The Morgan fingerprint density at radius 1 is 1.21 bits per heavy atom. The summed E-state index contributed by atoms with van der Waals surface area (Å²) >= 11 is 1.48. The number of benzene rings is 1. The zero-order valence-corrected chi connectivity index (χ0v) is 15.2. The molecule has 0 unspecified atom stereocenters. The Labute approximate surface area is 147 Å². The second-order valence-electron chi connectivity index (χ2n) is 6.84. The lowest BCUT2D eigenvalue weighted by molar-refractivity contribution is 0.261. The van der Waals surface area contributed by atoms with Crippen molar-refractivity contribution in [3.8, 4) is 0 Å². The van der Waals surface area contributed by atoms with Gasteiger partial charge in [0.2, 0.25) is 10.0 Å². The summed E-state index contributed by atoms with van der Waals surface area (Å²) in [7, 11) is -3.20. The third kappa shape index (κ3) is 3.01. The molecule has 2 saturated heterocycles. The van der Waals surface area contributed by atoms with Gasteiger partial charge in [-0.05, 0) is 34.5 Å². The summed E-state index contributed by atoms with van der Waals surface area (Å²) < 4.78 is 30.5. The smallest absolute Gasteiger partial charge is 0.211 e. The number of fused-ring (bicyclic) bond motifs is 1. The molecule has 0 saturated carbocycles. The summed E-state index contributed by atoms with van der Waals surface area (Å²) in [4.78, 5) is 2.44. The van der Waals surface area contributed by atoms with Gasteiger partial charge in [-0.25, -0.2) is 12.8 Å². The van der Waals surface area contributed by atoms with E-state index in [4.69, 9.17) is 0 Å². The maximum Gasteiger partial charge on any atom is 0.211 e. The van der Waals surface area contributed by atoms with Crippen molar-refractivity contribution in [3.05, 3.63) is 53.0 Å². The van der Waals surface area contributed by atoms with Crippen molar-refractivity contribution in [1.82, 2.24) is 13.6 Å². The van der Waals surface area contributed by atoms with Gasteiger partial charge in [0, 0.05) is 37.8 Å². The number of aromatic nitrogens is 1. The van der Waals surface area contributed by atoms with Gasteiger partial charge in [0.05, 0.1) is 12.3 Å². The van der Waals surface area contributed by atoms with Gasteiger partial charge < -0.3 is 0 Å². The summed E-state index contributed by atoms with van der Waals surface area (Å²) in [6, 6.07) is 10.0. The first-order valence-electron chi connectivity index (χ1n) is 8.15. The second-order valence-corrected chi connectivity index (χ2v) is 9.43. The Bertz CT molecular complexity index is 793. The van der Waals surface area contributed by atoms with E-state index < -0.39 is 10.0 Å². The monoisotopic (exact) mass is 363 g/mol. The molecule has 24 heavy (non-hydrogen) atoms. The number of sulfonamides is 1. The van der Waals surface area contributed by atoms with Crippen LogP contribution >= 0.6 is 11.5 Å². The number of hydrogen-bond acceptors (Lipinski definition) is 5. The van der Waals surface area contributed by atoms with Gasteiger partial charge in [-0.15, -0.1) is 0 Å². The van der Waals surface area contributed by atoms with Crippen LogP contribution in [-0.4, -0.2) is 47.9 Å². The van der Waals surface area contributed by atoms with Crippen molar-refractivity contribution < 1.29 is 8.42 Å². The average molecular weight is 364 g/mol. The van der Waals surface area contributed by atoms with Gasteiger partial charge in [0.1, 0.15) is 0 Å². The summed E-state index contributed by atoms with van der Waals surface area (Å²) in [6.07, 6.45) is 3.26. The molecule has 0 aliphatic carbocycles. The molecule has 3 heterocycles. The van der Waals surface area contributed by atoms with Crippen molar-refractivity contribution in [2.45, 2.75) is 12.6 Å². The highest BCUT2D eigenvalue weighted by molar-refractivity contribution is 7.88. The minimum atomic E-state index is -3.20. The van der Waals surface area contributed by atoms with E-state index in [9.17, 15) is 8.42 Å². The molecule has 2 aliphatic rings. The Balaban J connectivity index is 1.59. The highest BCUT2D eigenvalue weighted by Crippen LogP contribution is 2.46. The lowest BCUT2D eigenvalue weighted by atomic mass is 9.90. The zero-order valence-electron chi connectivity index (χ0n) is 13.6. The molecule has 0 radical (unpaired) electrons. The minimum Gasteiger partial charge on any atom is -0.298 e. The minimum absolute atomic E-state index is 0.0446. The largest absolute Gasteiger partial charge is 0.298 e. The first-order chi connectivity index (χ1) is 11.5. The van der Waals surface area contributed by atoms with Crippen LogP contribution in [0.15, 0.2) is 41.9 Å². The SMILES string of the molecule is CS(=O)(=O)N1C[C@H]2CN(Cc3cnsc3)C[C@H]2[C@@H]1c1ccccc1. The predicted octanol–water partition coefficient (Wildman–Crippen LogP) is 2.21. The van der Waals surface area contributed by atoms with Crippen molar-refractivity contribution >= 4 is 21.6 Å². The highest BCUT2D eigenvalue weighted by Gasteiger charge is 2.50. The molecule has 1 aromatic carbocycles. The van der Waals surface area contributed by atoms with E-state index in [1.54, 1.807) is 4.31 Å². The molecule has 5 nitrogen and oxygen atoms in total. The van der Waals surface area contributed by atoms with Crippen LogP contribution in [0.4, 0.5) is 0 Å². The Morgan fingerprint density at radius 3 is 2.67 bits per heavy atom. The molecule has 2 aliphatic heterocycles. The van der Waals surface area contributed by atoms with Gasteiger partial charge >= 0.3 is 0 Å². The van der Waals surface area contributed by atoms with Crippen LogP contribution in [-0.2, 0) is 16.6 Å². The van der Waals surface area contributed by atoms with E-state index in [0.717, 1.165) is 25.2 Å². The second kappa shape index (κ2) is 6.22. The summed E-state index contributed by atoms with van der Waals surface area (Å²) in [5.41, 5.74) is 2.35. The molecule has 0 N–H and O–H groups in total. The maximum absolute atomic E-state index is 12.3. The molecule has 0 amide bonds. The summed E-state index contributed by atoms with van der Waals surface area (Å²) in [6.45, 7) is 3.42. The predicted molar refractivity (Wildman–Crippen MR) is 95.1 cm³/mol. The molecule has 1 aromatic heterocycles. The maximum atomic E-state index is 12.3. The lowest BCUT2D eigenvalue weighted by Gasteiger charge is -2.28. The van der Waals surface area contributed by atoms with E-state index >= 15 is 0 Å². The van der Waals surface area contributed by atoms with Crippen molar-refractivity contribution in [2.24, 2.45) is 11.8 Å². The Hall–Kier alpha value is -1.28. The third-order valence-electron chi connectivity index (χ3n) is 5.15. The molecule has 7 heteroatoms.